The van der Waals surface area contributed by atoms with Gasteiger partial charge in [0.1, 0.15) is 17.8 Å². The second-order valence-electron chi connectivity index (χ2n) is 7.60. The number of piperazine rings is 1. The highest BCUT2D eigenvalue weighted by atomic mass is 19.1. The zero-order valence-electron chi connectivity index (χ0n) is 16.6. The van der Waals surface area contributed by atoms with Crippen molar-refractivity contribution in [2.24, 2.45) is 0 Å². The van der Waals surface area contributed by atoms with Crippen LogP contribution in [0, 0.1) is 5.82 Å². The Bertz CT molecular complexity index is 988. The third-order valence-corrected chi connectivity index (χ3v) is 5.16. The van der Waals surface area contributed by atoms with E-state index in [2.05, 4.69) is 43.9 Å². The largest absolute Gasteiger partial charge is 0.488 e. The van der Waals surface area contributed by atoms with Gasteiger partial charge in [-0.1, -0.05) is 0 Å². The topological polar surface area (TPSA) is 70.2 Å². The van der Waals surface area contributed by atoms with Crippen LogP contribution in [0.3, 0.4) is 0 Å². The van der Waals surface area contributed by atoms with Crippen LogP contribution in [0.4, 0.5) is 10.2 Å². The lowest BCUT2D eigenvalue weighted by Crippen LogP contribution is -2.50. The molecule has 4 rings (SSSR count). The third kappa shape index (κ3) is 3.52. The number of benzene rings is 1. The molecule has 1 atom stereocenters. The SMILES string of the molecule is CC(C)Oc1cc2c(-c3cc(N4CCN(C)[C@H](C)C4)ncn3)n[nH]c2cc1F. The Balaban J connectivity index is 1.70. The van der Waals surface area contributed by atoms with Crippen molar-refractivity contribution in [3.8, 4) is 17.1 Å². The molecule has 0 aliphatic carbocycles. The van der Waals surface area contributed by atoms with E-state index < -0.39 is 5.82 Å². The van der Waals surface area contributed by atoms with Crippen molar-refractivity contribution in [2.75, 3.05) is 31.6 Å². The van der Waals surface area contributed by atoms with Gasteiger partial charge < -0.3 is 14.5 Å². The number of likely N-dealkylation sites (N-methyl/N-ethyl adjacent to an activating group) is 1. The normalized spacial score (nSPS) is 18.2. The first kappa shape index (κ1) is 18.6. The van der Waals surface area contributed by atoms with Crippen molar-refractivity contribution >= 4 is 16.7 Å². The van der Waals surface area contributed by atoms with Gasteiger partial charge in [0.2, 0.25) is 0 Å². The number of nitrogens with one attached hydrogen (secondary N) is 1. The Morgan fingerprint density at radius 2 is 2.04 bits per heavy atom. The van der Waals surface area contributed by atoms with E-state index in [0.29, 0.717) is 22.9 Å². The molecular formula is C20H25FN6O. The molecule has 1 aromatic carbocycles. The summed E-state index contributed by atoms with van der Waals surface area (Å²) in [6.07, 6.45) is 1.44. The molecule has 7 nitrogen and oxygen atoms in total. The molecule has 0 amide bonds. The van der Waals surface area contributed by atoms with Crippen LogP contribution in [0.25, 0.3) is 22.3 Å². The van der Waals surface area contributed by atoms with Crippen molar-refractivity contribution in [3.63, 3.8) is 0 Å². The number of halogens is 1. The lowest BCUT2D eigenvalue weighted by atomic mass is 10.1. The minimum absolute atomic E-state index is 0.118. The van der Waals surface area contributed by atoms with Gasteiger partial charge in [-0.3, -0.25) is 5.10 Å². The molecule has 0 saturated carbocycles. The maximum absolute atomic E-state index is 14.3. The van der Waals surface area contributed by atoms with Gasteiger partial charge in [-0.15, -0.1) is 0 Å². The molecule has 1 N–H and O–H groups in total. The van der Waals surface area contributed by atoms with Gasteiger partial charge in [-0.05, 0) is 33.9 Å². The number of anilines is 1. The van der Waals surface area contributed by atoms with Crippen LogP contribution in [0.2, 0.25) is 0 Å². The summed E-state index contributed by atoms with van der Waals surface area (Å²) in [7, 11) is 2.14. The highest BCUT2D eigenvalue weighted by Crippen LogP contribution is 2.32. The summed E-state index contributed by atoms with van der Waals surface area (Å²) in [6, 6.07) is 5.49. The second kappa shape index (κ2) is 7.35. The first-order valence-corrected chi connectivity index (χ1v) is 9.54. The van der Waals surface area contributed by atoms with E-state index in [1.807, 2.05) is 19.9 Å². The van der Waals surface area contributed by atoms with Gasteiger partial charge in [0.15, 0.2) is 11.6 Å². The first-order chi connectivity index (χ1) is 13.4. The fourth-order valence-electron chi connectivity index (χ4n) is 3.46. The molecule has 0 bridgehead atoms. The van der Waals surface area contributed by atoms with E-state index in [4.69, 9.17) is 4.74 Å². The number of fused-ring (bicyclic) bond motifs is 1. The molecule has 8 heteroatoms. The standard InChI is InChI=1S/C20H25FN6O/c1-12(2)28-18-7-14-16(8-15(18)21)24-25-20(14)17-9-19(23-11-22-17)27-6-5-26(4)13(3)10-27/h7-9,11-13H,5-6,10H2,1-4H3,(H,24,25)/t13-/m1/s1. The first-order valence-electron chi connectivity index (χ1n) is 9.54. The number of H-pyrrole nitrogens is 1. The summed E-state index contributed by atoms with van der Waals surface area (Å²) in [4.78, 5) is 13.5. The molecule has 1 fully saturated rings. The summed E-state index contributed by atoms with van der Waals surface area (Å²) >= 11 is 0. The molecule has 1 saturated heterocycles. The molecule has 0 unspecified atom stereocenters. The van der Waals surface area contributed by atoms with Crippen LogP contribution in [-0.2, 0) is 0 Å². The maximum atomic E-state index is 14.3. The summed E-state index contributed by atoms with van der Waals surface area (Å²) < 4.78 is 19.8. The second-order valence-corrected chi connectivity index (χ2v) is 7.60. The Morgan fingerprint density at radius 1 is 1.21 bits per heavy atom. The molecule has 3 aromatic rings. The molecule has 1 aliphatic heterocycles. The van der Waals surface area contributed by atoms with Crippen LogP contribution in [-0.4, -0.2) is 63.9 Å². The van der Waals surface area contributed by atoms with Gasteiger partial charge in [0.25, 0.3) is 0 Å². The van der Waals surface area contributed by atoms with E-state index in [0.717, 1.165) is 30.8 Å². The Labute approximate surface area is 163 Å². The van der Waals surface area contributed by atoms with Crippen molar-refractivity contribution in [3.05, 3.63) is 30.3 Å². The summed E-state index contributed by atoms with van der Waals surface area (Å²) in [5, 5.41) is 8.04. The monoisotopic (exact) mass is 384 g/mol. The molecule has 1 aliphatic rings. The smallest absolute Gasteiger partial charge is 0.167 e. The van der Waals surface area contributed by atoms with E-state index in [9.17, 15) is 4.39 Å². The Kier molecular flexibility index (Phi) is 4.89. The van der Waals surface area contributed by atoms with E-state index in [-0.39, 0.29) is 11.9 Å². The quantitative estimate of drug-likeness (QED) is 0.745. The summed E-state index contributed by atoms with van der Waals surface area (Å²) in [5.74, 6) is 0.681. The fraction of sp³-hybridized carbons (Fsp3) is 0.450. The highest BCUT2D eigenvalue weighted by Gasteiger charge is 2.22. The third-order valence-electron chi connectivity index (χ3n) is 5.16. The van der Waals surface area contributed by atoms with Gasteiger partial charge in [-0.2, -0.15) is 5.10 Å². The van der Waals surface area contributed by atoms with Crippen LogP contribution in [0.1, 0.15) is 20.8 Å². The van der Waals surface area contributed by atoms with Gasteiger partial charge in [0.05, 0.1) is 17.3 Å². The van der Waals surface area contributed by atoms with Crippen LogP contribution < -0.4 is 9.64 Å². The van der Waals surface area contributed by atoms with Crippen molar-refractivity contribution in [1.82, 2.24) is 25.1 Å². The number of ether oxygens (including phenoxy) is 1. The lowest BCUT2D eigenvalue weighted by Gasteiger charge is -2.38. The van der Waals surface area contributed by atoms with Crippen LogP contribution >= 0.6 is 0 Å². The van der Waals surface area contributed by atoms with Crippen molar-refractivity contribution in [2.45, 2.75) is 32.9 Å². The maximum Gasteiger partial charge on any atom is 0.167 e. The number of hydrogen-bond acceptors (Lipinski definition) is 6. The summed E-state index contributed by atoms with van der Waals surface area (Å²) in [5.41, 5.74) is 1.97. The van der Waals surface area contributed by atoms with Crippen LogP contribution in [0.15, 0.2) is 24.5 Å². The van der Waals surface area contributed by atoms with Crippen molar-refractivity contribution in [1.29, 1.82) is 0 Å². The molecule has 0 spiro atoms. The van der Waals surface area contributed by atoms with Crippen molar-refractivity contribution < 1.29 is 9.13 Å². The number of hydrogen-bond donors (Lipinski definition) is 1. The highest BCUT2D eigenvalue weighted by molar-refractivity contribution is 5.93. The predicted octanol–water partition coefficient (Wildman–Crippen LogP) is 3.09. The molecule has 3 heterocycles. The molecule has 2 aromatic heterocycles. The minimum Gasteiger partial charge on any atom is -0.488 e. The Morgan fingerprint density at radius 3 is 2.79 bits per heavy atom. The van der Waals surface area contributed by atoms with Crippen LogP contribution in [0.5, 0.6) is 5.75 Å². The Hall–Kier alpha value is -2.74. The van der Waals surface area contributed by atoms with Gasteiger partial charge in [-0.25, -0.2) is 14.4 Å². The van der Waals surface area contributed by atoms with E-state index in [1.54, 1.807) is 12.4 Å². The number of aromatic nitrogens is 4. The number of nitrogens with zero attached hydrogens (tertiary/aromatic N) is 5. The molecule has 148 valence electrons. The lowest BCUT2D eigenvalue weighted by molar-refractivity contribution is 0.231. The minimum atomic E-state index is -0.411. The predicted molar refractivity (Wildman–Crippen MR) is 107 cm³/mol. The number of aromatic amines is 1. The molecular weight excluding hydrogens is 359 g/mol. The average Bonchev–Trinajstić information content (AvgIpc) is 3.06. The molecule has 0 radical (unpaired) electrons. The van der Waals surface area contributed by atoms with Gasteiger partial charge >= 0.3 is 0 Å². The number of rotatable bonds is 4. The van der Waals surface area contributed by atoms with E-state index >= 15 is 0 Å². The fourth-order valence-corrected chi connectivity index (χ4v) is 3.46. The zero-order valence-corrected chi connectivity index (χ0v) is 16.6. The average molecular weight is 384 g/mol. The molecule has 28 heavy (non-hydrogen) atoms. The van der Waals surface area contributed by atoms with Gasteiger partial charge in [0, 0.05) is 43.2 Å². The summed E-state index contributed by atoms with van der Waals surface area (Å²) in [6.45, 7) is 8.75. The van der Waals surface area contributed by atoms with E-state index in [1.165, 1.54) is 6.07 Å². The zero-order chi connectivity index (χ0) is 19.8.